The summed E-state index contributed by atoms with van der Waals surface area (Å²) in [5.41, 5.74) is 1.44. The molecule has 0 aliphatic carbocycles. The highest BCUT2D eigenvalue weighted by molar-refractivity contribution is 5.89. The third kappa shape index (κ3) is 9.11. The zero-order valence-electron chi connectivity index (χ0n) is 25.1. The fourth-order valence-electron chi connectivity index (χ4n) is 4.89. The van der Waals surface area contributed by atoms with Crippen LogP contribution in [-0.2, 0) is 37.0 Å². The second kappa shape index (κ2) is 14.8. The lowest BCUT2D eigenvalue weighted by molar-refractivity contribution is -0.112. The van der Waals surface area contributed by atoms with Gasteiger partial charge in [-0.15, -0.1) is 0 Å². The monoisotopic (exact) mass is 585 g/mol. The molecule has 0 radical (unpaired) electrons. The highest BCUT2D eigenvalue weighted by Crippen LogP contribution is 2.34. The minimum Gasteiger partial charge on any atom is -0.460 e. The van der Waals surface area contributed by atoms with Crippen molar-refractivity contribution in [3.05, 3.63) is 120 Å². The number of hydrogen-bond donors (Lipinski definition) is 0. The molecule has 0 N–H and O–H groups in total. The summed E-state index contributed by atoms with van der Waals surface area (Å²) in [7, 11) is 0. The van der Waals surface area contributed by atoms with Crippen LogP contribution >= 0.6 is 0 Å². The van der Waals surface area contributed by atoms with Crippen molar-refractivity contribution in [2.24, 2.45) is 0 Å². The van der Waals surface area contributed by atoms with Gasteiger partial charge in [0.1, 0.15) is 24.4 Å². The van der Waals surface area contributed by atoms with Gasteiger partial charge in [-0.3, -0.25) is 9.69 Å². The van der Waals surface area contributed by atoms with E-state index in [1.807, 2.05) is 66.7 Å². The van der Waals surface area contributed by atoms with E-state index in [-0.39, 0.29) is 25.6 Å². The molecular formula is C35H39NO7. The number of hydrogen-bond acceptors (Lipinski definition) is 7. The van der Waals surface area contributed by atoms with Crippen molar-refractivity contribution in [1.82, 2.24) is 4.90 Å². The Bertz CT molecular complexity index is 1370. The van der Waals surface area contributed by atoms with Gasteiger partial charge in [0.25, 0.3) is 0 Å². The van der Waals surface area contributed by atoms with Crippen LogP contribution in [0.25, 0.3) is 0 Å². The highest BCUT2D eigenvalue weighted by Gasteiger charge is 2.53. The predicted octanol–water partition coefficient (Wildman–Crippen LogP) is 6.15. The van der Waals surface area contributed by atoms with Crippen LogP contribution in [0.15, 0.2) is 103 Å². The van der Waals surface area contributed by atoms with E-state index in [2.05, 4.69) is 0 Å². The molecule has 1 heterocycles. The normalized spacial score (nSPS) is 20.2. The molecule has 0 spiro atoms. The summed E-state index contributed by atoms with van der Waals surface area (Å²) in [5, 5.41) is 0. The van der Waals surface area contributed by atoms with Gasteiger partial charge in [-0.1, -0.05) is 84.9 Å². The molecule has 1 aliphatic rings. The quantitative estimate of drug-likeness (QED) is 0.197. The van der Waals surface area contributed by atoms with Gasteiger partial charge in [0.05, 0.1) is 30.9 Å². The number of allylic oxidation sites excluding steroid dienone is 1. The Morgan fingerprint density at radius 1 is 0.767 bits per heavy atom. The Kier molecular flexibility index (Phi) is 10.9. The Balaban J connectivity index is 1.72. The summed E-state index contributed by atoms with van der Waals surface area (Å²) in [6.45, 7) is 7.05. The fraction of sp³-hybridized carbons (Fsp3) is 0.343. The highest BCUT2D eigenvalue weighted by atomic mass is 16.6. The number of likely N-dealkylation sites (tertiary alicyclic amines) is 1. The van der Waals surface area contributed by atoms with E-state index < -0.39 is 42.0 Å². The summed E-state index contributed by atoms with van der Waals surface area (Å²) in [4.78, 5) is 40.4. The van der Waals surface area contributed by atoms with Gasteiger partial charge in [-0.2, -0.15) is 0 Å². The van der Waals surface area contributed by atoms with Crippen molar-refractivity contribution in [3.63, 3.8) is 0 Å². The van der Waals surface area contributed by atoms with E-state index >= 15 is 0 Å². The van der Waals surface area contributed by atoms with Crippen LogP contribution in [0.5, 0.6) is 0 Å². The molecule has 0 aromatic heterocycles. The van der Waals surface area contributed by atoms with Gasteiger partial charge in [-0.05, 0) is 57.0 Å². The lowest BCUT2D eigenvalue weighted by atomic mass is 10.1. The average Bonchev–Trinajstić information content (AvgIpc) is 3.29. The van der Waals surface area contributed by atoms with Gasteiger partial charge in [0.2, 0.25) is 0 Å². The van der Waals surface area contributed by atoms with E-state index in [9.17, 15) is 14.4 Å². The maximum absolute atomic E-state index is 13.8. The Morgan fingerprint density at radius 2 is 1.28 bits per heavy atom. The third-order valence-electron chi connectivity index (χ3n) is 6.82. The molecule has 0 unspecified atom stereocenters. The number of rotatable bonds is 11. The molecule has 1 saturated heterocycles. The number of ketones is 1. The van der Waals surface area contributed by atoms with Crippen molar-refractivity contribution in [1.29, 1.82) is 0 Å². The third-order valence-corrected chi connectivity index (χ3v) is 6.82. The van der Waals surface area contributed by atoms with Crippen LogP contribution in [0.4, 0.5) is 4.79 Å². The fourth-order valence-corrected chi connectivity index (χ4v) is 4.89. The maximum atomic E-state index is 13.8. The van der Waals surface area contributed by atoms with Gasteiger partial charge >= 0.3 is 12.1 Å². The van der Waals surface area contributed by atoms with Crippen LogP contribution in [-0.4, -0.2) is 59.2 Å². The number of benzene rings is 3. The van der Waals surface area contributed by atoms with Gasteiger partial charge in [-0.25, -0.2) is 9.59 Å². The van der Waals surface area contributed by atoms with E-state index in [1.54, 1.807) is 51.1 Å². The number of carbonyl (C=O) groups excluding carboxylic acids is 3. The van der Waals surface area contributed by atoms with E-state index in [0.717, 1.165) is 11.1 Å². The van der Waals surface area contributed by atoms with E-state index in [4.69, 9.17) is 18.9 Å². The molecule has 3 aromatic rings. The van der Waals surface area contributed by atoms with Gasteiger partial charge < -0.3 is 18.9 Å². The van der Waals surface area contributed by atoms with Crippen molar-refractivity contribution in [2.45, 2.75) is 70.8 Å². The Labute approximate surface area is 253 Å². The number of esters is 1. The first-order valence-electron chi connectivity index (χ1n) is 14.4. The first kappa shape index (κ1) is 31.7. The minimum absolute atomic E-state index is 0.179. The lowest BCUT2D eigenvalue weighted by Gasteiger charge is -2.32. The summed E-state index contributed by atoms with van der Waals surface area (Å²) < 4.78 is 24.6. The van der Waals surface area contributed by atoms with Crippen LogP contribution in [0.1, 0.15) is 49.2 Å². The molecular weight excluding hydrogens is 546 g/mol. The molecule has 0 saturated carbocycles. The average molecular weight is 586 g/mol. The largest absolute Gasteiger partial charge is 0.460 e. The van der Waals surface area contributed by atoms with Crippen molar-refractivity contribution in [3.8, 4) is 0 Å². The maximum Gasteiger partial charge on any atom is 0.411 e. The summed E-state index contributed by atoms with van der Waals surface area (Å²) in [6, 6.07) is 26.4. The molecule has 8 nitrogen and oxygen atoms in total. The SMILES string of the molecule is CC(=O)/C=C/[C@@H]1[C@H](OCc2ccccc2)[C@H](OCc2ccccc2)[C@@H](COC(=O)c2ccccc2)N1C(=O)OC(C)(C)C. The summed E-state index contributed by atoms with van der Waals surface area (Å²) in [6.07, 6.45) is 0.965. The lowest BCUT2D eigenvalue weighted by Crippen LogP contribution is -2.48. The smallest absolute Gasteiger partial charge is 0.411 e. The van der Waals surface area contributed by atoms with Crippen molar-refractivity contribution >= 4 is 17.8 Å². The molecule has 4 rings (SSSR count). The molecule has 8 heteroatoms. The van der Waals surface area contributed by atoms with E-state index in [0.29, 0.717) is 5.56 Å². The molecule has 1 fully saturated rings. The minimum atomic E-state index is -0.805. The molecule has 4 atom stereocenters. The molecule has 1 amide bonds. The molecule has 3 aromatic carbocycles. The zero-order valence-corrected chi connectivity index (χ0v) is 25.1. The van der Waals surface area contributed by atoms with Crippen molar-refractivity contribution in [2.75, 3.05) is 6.61 Å². The number of ether oxygens (including phenoxy) is 4. The van der Waals surface area contributed by atoms with Crippen LogP contribution in [0.2, 0.25) is 0 Å². The van der Waals surface area contributed by atoms with Crippen molar-refractivity contribution < 1.29 is 33.3 Å². The van der Waals surface area contributed by atoms with Gasteiger partial charge in [0, 0.05) is 0 Å². The number of amides is 1. The number of carbonyl (C=O) groups is 3. The van der Waals surface area contributed by atoms with Crippen LogP contribution in [0, 0.1) is 0 Å². The predicted molar refractivity (Wildman–Crippen MR) is 162 cm³/mol. The molecule has 226 valence electrons. The van der Waals surface area contributed by atoms with Gasteiger partial charge in [0.15, 0.2) is 5.78 Å². The van der Waals surface area contributed by atoms with Crippen LogP contribution < -0.4 is 0 Å². The Morgan fingerprint density at radius 3 is 1.79 bits per heavy atom. The Hall–Kier alpha value is -4.27. The first-order valence-corrected chi connectivity index (χ1v) is 14.4. The molecule has 1 aliphatic heterocycles. The summed E-state index contributed by atoms with van der Waals surface area (Å²) >= 11 is 0. The number of nitrogens with zero attached hydrogens (tertiary/aromatic N) is 1. The van der Waals surface area contributed by atoms with E-state index in [1.165, 1.54) is 17.9 Å². The standard InChI is InChI=1S/C35H39NO7/c1-25(37)20-21-29-31(40-22-26-14-8-5-9-15-26)32(41-23-27-16-10-6-11-17-27)30(36(29)34(39)43-35(2,3)4)24-42-33(38)28-18-12-7-13-19-28/h5-21,29-32H,22-24H2,1-4H3/b21-20+/t29-,30-,31+,32-/m1/s1. The molecule has 0 bridgehead atoms. The van der Waals surface area contributed by atoms with Crippen LogP contribution in [0.3, 0.4) is 0 Å². The first-order chi connectivity index (χ1) is 20.6. The second-order valence-electron chi connectivity index (χ2n) is 11.4. The zero-order chi connectivity index (χ0) is 30.8. The topological polar surface area (TPSA) is 91.4 Å². The summed E-state index contributed by atoms with van der Waals surface area (Å²) in [5.74, 6) is -0.720. The second-order valence-corrected chi connectivity index (χ2v) is 11.4. The molecule has 43 heavy (non-hydrogen) atoms.